The van der Waals surface area contributed by atoms with E-state index in [9.17, 15) is 4.79 Å². The normalized spacial score (nSPS) is 14.2. The van der Waals surface area contributed by atoms with E-state index in [0.29, 0.717) is 26.2 Å². The zero-order valence-electron chi connectivity index (χ0n) is 11.8. The van der Waals surface area contributed by atoms with Crippen LogP contribution in [0.3, 0.4) is 0 Å². The van der Waals surface area contributed by atoms with Crippen molar-refractivity contribution in [3.05, 3.63) is 48.0 Å². The summed E-state index contributed by atoms with van der Waals surface area (Å²) in [5, 5.41) is 9.02. The first kappa shape index (κ1) is 14.8. The van der Waals surface area contributed by atoms with Gasteiger partial charge in [0, 0.05) is 26.2 Å². The van der Waals surface area contributed by atoms with Gasteiger partial charge in [-0.25, -0.2) is 0 Å². The summed E-state index contributed by atoms with van der Waals surface area (Å²) in [6.07, 6.45) is 2.68. The van der Waals surface area contributed by atoms with Crippen molar-refractivity contribution >= 4 is 5.91 Å². The van der Waals surface area contributed by atoms with E-state index >= 15 is 0 Å². The first-order valence-corrected chi connectivity index (χ1v) is 7.03. The van der Waals surface area contributed by atoms with E-state index in [0.717, 1.165) is 13.0 Å². The molecular formula is C16H22N2O2. The molecule has 1 amide bonds. The van der Waals surface area contributed by atoms with Crippen LogP contribution in [-0.2, 0) is 17.8 Å². The third-order valence-corrected chi connectivity index (χ3v) is 3.65. The lowest BCUT2D eigenvalue weighted by atomic mass is 10.00. The quantitative estimate of drug-likeness (QED) is 0.789. The summed E-state index contributed by atoms with van der Waals surface area (Å²) in [6.45, 7) is 6.67. The monoisotopic (exact) mass is 274 g/mol. The number of fused-ring (bicyclic) bond motifs is 1. The Balaban J connectivity index is 1.95. The Hall–Kier alpha value is -1.65. The Morgan fingerprint density at radius 1 is 1.40 bits per heavy atom. The molecule has 108 valence electrons. The summed E-state index contributed by atoms with van der Waals surface area (Å²) in [7, 11) is 0. The number of aliphatic hydroxyl groups excluding tert-OH is 1. The van der Waals surface area contributed by atoms with Crippen molar-refractivity contribution < 1.29 is 9.90 Å². The molecule has 0 atom stereocenters. The Bertz CT molecular complexity index is 473. The van der Waals surface area contributed by atoms with Crippen LogP contribution in [0.2, 0.25) is 0 Å². The van der Waals surface area contributed by atoms with Gasteiger partial charge < -0.3 is 10.0 Å². The highest BCUT2D eigenvalue weighted by molar-refractivity contribution is 5.78. The second kappa shape index (κ2) is 7.22. The number of nitrogens with zero attached hydrogens (tertiary/aromatic N) is 2. The second-order valence-electron chi connectivity index (χ2n) is 5.08. The van der Waals surface area contributed by atoms with Gasteiger partial charge in [-0.15, -0.1) is 6.58 Å². The van der Waals surface area contributed by atoms with Crippen LogP contribution in [-0.4, -0.2) is 53.6 Å². The van der Waals surface area contributed by atoms with Gasteiger partial charge in [-0.2, -0.15) is 0 Å². The first-order valence-electron chi connectivity index (χ1n) is 7.03. The number of benzene rings is 1. The van der Waals surface area contributed by atoms with Crippen molar-refractivity contribution in [2.24, 2.45) is 0 Å². The largest absolute Gasteiger partial charge is 0.395 e. The molecule has 1 N–H and O–H groups in total. The van der Waals surface area contributed by atoms with Crippen molar-refractivity contribution in [2.75, 3.05) is 32.8 Å². The van der Waals surface area contributed by atoms with E-state index in [1.807, 2.05) is 21.9 Å². The van der Waals surface area contributed by atoms with Gasteiger partial charge in [0.15, 0.2) is 0 Å². The maximum Gasteiger partial charge on any atom is 0.237 e. The zero-order chi connectivity index (χ0) is 14.4. The minimum atomic E-state index is 0.0595. The van der Waals surface area contributed by atoms with Gasteiger partial charge in [-0.3, -0.25) is 9.69 Å². The standard InChI is InChI=1S/C16H22N2O2/c1-2-8-17(10-11-19)13-16(20)18-9-7-14-5-3-4-6-15(14)12-18/h2-6,19H,1,7-13H2. The molecule has 4 nitrogen and oxygen atoms in total. The molecule has 1 heterocycles. The fraction of sp³-hybridized carbons (Fsp3) is 0.438. The van der Waals surface area contributed by atoms with Crippen molar-refractivity contribution in [2.45, 2.75) is 13.0 Å². The molecule has 1 aromatic rings. The molecule has 1 aromatic carbocycles. The van der Waals surface area contributed by atoms with E-state index in [4.69, 9.17) is 5.11 Å². The minimum absolute atomic E-state index is 0.0595. The third kappa shape index (κ3) is 3.68. The number of hydrogen-bond donors (Lipinski definition) is 1. The number of amides is 1. The molecule has 20 heavy (non-hydrogen) atoms. The molecule has 0 aliphatic carbocycles. The number of carbonyl (C=O) groups excluding carboxylic acids is 1. The molecule has 0 aromatic heterocycles. The lowest BCUT2D eigenvalue weighted by Crippen LogP contribution is -2.43. The van der Waals surface area contributed by atoms with Crippen molar-refractivity contribution in [1.29, 1.82) is 0 Å². The van der Waals surface area contributed by atoms with Crippen LogP contribution < -0.4 is 0 Å². The summed E-state index contributed by atoms with van der Waals surface area (Å²) < 4.78 is 0. The van der Waals surface area contributed by atoms with E-state index in [1.165, 1.54) is 11.1 Å². The van der Waals surface area contributed by atoms with Gasteiger partial charge >= 0.3 is 0 Å². The molecular weight excluding hydrogens is 252 g/mol. The summed E-state index contributed by atoms with van der Waals surface area (Å²) in [5.74, 6) is 0.120. The Morgan fingerprint density at radius 3 is 2.85 bits per heavy atom. The maximum absolute atomic E-state index is 12.3. The van der Waals surface area contributed by atoms with E-state index < -0.39 is 0 Å². The molecule has 0 saturated heterocycles. The maximum atomic E-state index is 12.3. The lowest BCUT2D eigenvalue weighted by Gasteiger charge is -2.31. The van der Waals surface area contributed by atoms with E-state index in [-0.39, 0.29) is 12.5 Å². The summed E-state index contributed by atoms with van der Waals surface area (Å²) in [5.41, 5.74) is 2.58. The molecule has 0 spiro atoms. The molecule has 1 aliphatic heterocycles. The van der Waals surface area contributed by atoms with Crippen LogP contribution in [0.5, 0.6) is 0 Å². The molecule has 1 aliphatic rings. The smallest absolute Gasteiger partial charge is 0.237 e. The highest BCUT2D eigenvalue weighted by atomic mass is 16.3. The van der Waals surface area contributed by atoms with Gasteiger partial charge in [0.05, 0.1) is 13.2 Å². The van der Waals surface area contributed by atoms with Crippen LogP contribution in [0.4, 0.5) is 0 Å². The number of rotatable bonds is 6. The Kier molecular flexibility index (Phi) is 5.32. The molecule has 0 radical (unpaired) electrons. The predicted octanol–water partition coefficient (Wildman–Crippen LogP) is 1.05. The molecule has 0 fully saturated rings. The second-order valence-corrected chi connectivity index (χ2v) is 5.08. The van der Waals surface area contributed by atoms with Crippen LogP contribution in [0.1, 0.15) is 11.1 Å². The van der Waals surface area contributed by atoms with Crippen LogP contribution in [0.25, 0.3) is 0 Å². The third-order valence-electron chi connectivity index (χ3n) is 3.65. The van der Waals surface area contributed by atoms with Crippen LogP contribution in [0.15, 0.2) is 36.9 Å². The zero-order valence-corrected chi connectivity index (χ0v) is 11.8. The predicted molar refractivity (Wildman–Crippen MR) is 79.3 cm³/mol. The Morgan fingerprint density at radius 2 is 2.15 bits per heavy atom. The first-order chi connectivity index (χ1) is 9.74. The van der Waals surface area contributed by atoms with Gasteiger partial charge in [0.2, 0.25) is 5.91 Å². The van der Waals surface area contributed by atoms with Gasteiger partial charge in [-0.1, -0.05) is 30.3 Å². The van der Waals surface area contributed by atoms with E-state index in [2.05, 4.69) is 18.7 Å². The summed E-state index contributed by atoms with van der Waals surface area (Å²) >= 11 is 0. The minimum Gasteiger partial charge on any atom is -0.395 e. The molecule has 0 bridgehead atoms. The molecule has 0 unspecified atom stereocenters. The van der Waals surface area contributed by atoms with E-state index in [1.54, 1.807) is 6.08 Å². The summed E-state index contributed by atoms with van der Waals surface area (Å²) in [6, 6.07) is 8.28. The number of aliphatic hydroxyl groups is 1. The van der Waals surface area contributed by atoms with Crippen molar-refractivity contribution in [1.82, 2.24) is 9.80 Å². The average molecular weight is 274 g/mol. The highest BCUT2D eigenvalue weighted by Gasteiger charge is 2.21. The highest BCUT2D eigenvalue weighted by Crippen LogP contribution is 2.18. The average Bonchev–Trinajstić information content (AvgIpc) is 2.47. The summed E-state index contributed by atoms with van der Waals surface area (Å²) in [4.78, 5) is 16.1. The molecule has 2 rings (SSSR count). The Labute approximate surface area is 120 Å². The van der Waals surface area contributed by atoms with Gasteiger partial charge in [0.25, 0.3) is 0 Å². The molecule has 0 saturated carbocycles. The van der Waals surface area contributed by atoms with Crippen LogP contribution in [0, 0.1) is 0 Å². The molecule has 4 heteroatoms. The van der Waals surface area contributed by atoms with Gasteiger partial charge in [-0.05, 0) is 17.5 Å². The number of hydrogen-bond acceptors (Lipinski definition) is 3. The number of carbonyl (C=O) groups is 1. The fourth-order valence-electron chi connectivity index (χ4n) is 2.56. The van der Waals surface area contributed by atoms with Crippen molar-refractivity contribution in [3.8, 4) is 0 Å². The van der Waals surface area contributed by atoms with Crippen molar-refractivity contribution in [3.63, 3.8) is 0 Å². The topological polar surface area (TPSA) is 43.8 Å². The SMILES string of the molecule is C=CCN(CCO)CC(=O)N1CCc2ccccc2C1. The van der Waals surface area contributed by atoms with Crippen LogP contribution >= 0.6 is 0 Å². The fourth-order valence-corrected chi connectivity index (χ4v) is 2.56. The van der Waals surface area contributed by atoms with Gasteiger partial charge in [0.1, 0.15) is 0 Å². The lowest BCUT2D eigenvalue weighted by molar-refractivity contribution is -0.133.